The van der Waals surface area contributed by atoms with Gasteiger partial charge in [0, 0.05) is 11.9 Å². The van der Waals surface area contributed by atoms with E-state index in [-0.39, 0.29) is 23.7 Å². The van der Waals surface area contributed by atoms with Crippen LogP contribution in [0.3, 0.4) is 0 Å². The van der Waals surface area contributed by atoms with Crippen LogP contribution in [0.1, 0.15) is 24.2 Å². The van der Waals surface area contributed by atoms with E-state index in [1.54, 1.807) is 9.47 Å². The first-order valence-corrected chi connectivity index (χ1v) is 8.50. The number of imidazole rings is 1. The molecule has 2 bridgehead atoms. The normalized spacial score (nSPS) is 20.6. The summed E-state index contributed by atoms with van der Waals surface area (Å²) in [5.74, 6) is -0.104. The van der Waals surface area contributed by atoms with Crippen molar-refractivity contribution in [3.05, 3.63) is 58.6 Å². The van der Waals surface area contributed by atoms with Crippen molar-refractivity contribution in [1.29, 1.82) is 0 Å². The number of fused-ring (bicyclic) bond motifs is 6. The number of rotatable bonds is 1. The summed E-state index contributed by atoms with van der Waals surface area (Å²) >= 11 is 0. The predicted octanol–water partition coefficient (Wildman–Crippen LogP) is 2.57. The van der Waals surface area contributed by atoms with Crippen molar-refractivity contribution in [2.45, 2.75) is 18.5 Å². The van der Waals surface area contributed by atoms with Gasteiger partial charge in [-0.2, -0.15) is 0 Å². The monoisotopic (exact) mass is 351 g/mol. The first-order chi connectivity index (χ1) is 12.6. The first kappa shape index (κ1) is 15.1. The van der Waals surface area contributed by atoms with E-state index in [9.17, 15) is 14.7 Å². The largest absolute Gasteiger partial charge is 0.493 e. The van der Waals surface area contributed by atoms with E-state index in [0.29, 0.717) is 24.3 Å². The number of benzene rings is 2. The smallest absolute Gasteiger partial charge is 0.410 e. The van der Waals surface area contributed by atoms with Crippen molar-refractivity contribution < 1.29 is 14.6 Å². The summed E-state index contributed by atoms with van der Waals surface area (Å²) in [6.07, 6.45) is 0.192. The average molecular weight is 351 g/mol. The molecule has 1 amide bonds. The van der Waals surface area contributed by atoms with Gasteiger partial charge < -0.3 is 9.84 Å². The molecule has 1 fully saturated rings. The highest BCUT2D eigenvalue weighted by molar-refractivity contribution is 5.90. The molecule has 1 saturated heterocycles. The van der Waals surface area contributed by atoms with Gasteiger partial charge >= 0.3 is 11.8 Å². The number of carbonyl (C=O) groups is 1. The van der Waals surface area contributed by atoms with E-state index in [1.807, 2.05) is 42.5 Å². The highest BCUT2D eigenvalue weighted by Gasteiger charge is 2.49. The van der Waals surface area contributed by atoms with Crippen LogP contribution >= 0.6 is 0 Å². The van der Waals surface area contributed by atoms with E-state index in [0.717, 1.165) is 10.8 Å². The maximum atomic E-state index is 13.1. The molecular weight excluding hydrogens is 334 g/mol. The minimum Gasteiger partial charge on any atom is -0.493 e. The van der Waals surface area contributed by atoms with Crippen LogP contribution in [0.4, 0.5) is 4.79 Å². The van der Waals surface area contributed by atoms with Crippen molar-refractivity contribution in [2.75, 3.05) is 13.7 Å². The molecular formula is C19H17N3O4. The molecule has 1 N–H and O–H groups in total. The minimum atomic E-state index is -0.437. The summed E-state index contributed by atoms with van der Waals surface area (Å²) < 4.78 is 7.80. The molecule has 7 nitrogen and oxygen atoms in total. The molecule has 2 aliphatic heterocycles. The van der Waals surface area contributed by atoms with E-state index >= 15 is 0 Å². The Kier molecular flexibility index (Phi) is 2.98. The summed E-state index contributed by atoms with van der Waals surface area (Å²) in [6.45, 7) is 0.420. The molecule has 7 heteroatoms. The fraction of sp³-hybridized carbons (Fsp3) is 0.263. The molecule has 26 heavy (non-hydrogen) atoms. The SMILES string of the molecule is COC(=O)N1C[C@H]2CC1c1c(O)n(-c3cccc4ccccc34)c(=O)n12. The highest BCUT2D eigenvalue weighted by atomic mass is 16.5. The van der Waals surface area contributed by atoms with Crippen molar-refractivity contribution in [3.63, 3.8) is 0 Å². The van der Waals surface area contributed by atoms with Gasteiger partial charge in [0.2, 0.25) is 5.88 Å². The van der Waals surface area contributed by atoms with Gasteiger partial charge in [0.1, 0.15) is 5.69 Å². The van der Waals surface area contributed by atoms with Gasteiger partial charge in [0.15, 0.2) is 0 Å². The Bertz CT molecular complexity index is 1110. The Labute approximate surface area is 148 Å². The molecule has 0 saturated carbocycles. The maximum absolute atomic E-state index is 13.1. The van der Waals surface area contributed by atoms with Crippen LogP contribution < -0.4 is 5.69 Å². The molecule has 0 aliphatic carbocycles. The Morgan fingerprint density at radius 1 is 1.19 bits per heavy atom. The Morgan fingerprint density at radius 2 is 1.96 bits per heavy atom. The van der Waals surface area contributed by atoms with Crippen molar-refractivity contribution in [3.8, 4) is 11.6 Å². The Morgan fingerprint density at radius 3 is 2.77 bits per heavy atom. The van der Waals surface area contributed by atoms with E-state index in [2.05, 4.69) is 0 Å². The second kappa shape index (κ2) is 5.14. The van der Waals surface area contributed by atoms with Gasteiger partial charge in [-0.15, -0.1) is 0 Å². The van der Waals surface area contributed by atoms with Gasteiger partial charge in [-0.05, 0) is 17.9 Å². The van der Waals surface area contributed by atoms with Crippen LogP contribution in [0, 0.1) is 0 Å². The molecule has 1 aromatic heterocycles. The third-order valence-electron chi connectivity index (χ3n) is 5.47. The van der Waals surface area contributed by atoms with Crippen LogP contribution in [-0.2, 0) is 4.74 Å². The van der Waals surface area contributed by atoms with Crippen molar-refractivity contribution in [1.82, 2.24) is 14.0 Å². The third-order valence-corrected chi connectivity index (χ3v) is 5.47. The molecule has 2 aromatic carbocycles. The van der Waals surface area contributed by atoms with E-state index in [1.165, 1.54) is 11.7 Å². The van der Waals surface area contributed by atoms with Crippen LogP contribution in [0.2, 0.25) is 0 Å². The van der Waals surface area contributed by atoms with Gasteiger partial charge in [-0.25, -0.2) is 14.2 Å². The van der Waals surface area contributed by atoms with Crippen LogP contribution in [0.5, 0.6) is 5.88 Å². The van der Waals surface area contributed by atoms with Crippen LogP contribution in [0.15, 0.2) is 47.3 Å². The number of carbonyl (C=O) groups excluding carboxylic acids is 1. The second-order valence-corrected chi connectivity index (χ2v) is 6.72. The summed E-state index contributed by atoms with van der Waals surface area (Å²) in [4.78, 5) is 26.7. The highest BCUT2D eigenvalue weighted by Crippen LogP contribution is 2.48. The molecule has 2 atom stereocenters. The number of nitrogens with zero attached hydrogens (tertiary/aromatic N) is 3. The van der Waals surface area contributed by atoms with Gasteiger partial charge in [0.05, 0.1) is 24.9 Å². The fourth-order valence-electron chi connectivity index (χ4n) is 4.39. The number of aromatic hydroxyl groups is 1. The maximum Gasteiger partial charge on any atom is 0.410 e. The topological polar surface area (TPSA) is 76.7 Å². The average Bonchev–Trinajstić information content (AvgIpc) is 3.32. The molecule has 5 rings (SSSR count). The lowest BCUT2D eigenvalue weighted by molar-refractivity contribution is 0.112. The van der Waals surface area contributed by atoms with Gasteiger partial charge in [-0.1, -0.05) is 36.4 Å². The summed E-state index contributed by atoms with van der Waals surface area (Å²) in [7, 11) is 1.34. The van der Waals surface area contributed by atoms with Crippen molar-refractivity contribution >= 4 is 16.9 Å². The lowest BCUT2D eigenvalue weighted by atomic mass is 10.1. The summed E-state index contributed by atoms with van der Waals surface area (Å²) in [6, 6.07) is 12.9. The quantitative estimate of drug-likeness (QED) is 0.731. The fourth-order valence-corrected chi connectivity index (χ4v) is 4.39. The number of amides is 1. The second-order valence-electron chi connectivity index (χ2n) is 6.72. The number of aromatic nitrogens is 2. The summed E-state index contributed by atoms with van der Waals surface area (Å²) in [5, 5.41) is 12.8. The van der Waals surface area contributed by atoms with Crippen LogP contribution in [0.25, 0.3) is 16.5 Å². The molecule has 132 valence electrons. The minimum absolute atomic E-state index is 0.104. The van der Waals surface area contributed by atoms with Gasteiger partial charge in [-0.3, -0.25) is 9.47 Å². The number of likely N-dealkylation sites (tertiary alicyclic amines) is 1. The number of methoxy groups -OCH3 is 1. The lowest BCUT2D eigenvalue weighted by Gasteiger charge is -2.26. The molecule has 2 aliphatic rings. The number of ether oxygens (including phenoxy) is 1. The lowest BCUT2D eigenvalue weighted by Crippen LogP contribution is -2.37. The predicted molar refractivity (Wildman–Crippen MR) is 94.7 cm³/mol. The summed E-state index contributed by atoms with van der Waals surface area (Å²) in [5.41, 5.74) is 0.854. The molecule has 3 heterocycles. The standard InChI is InChI=1S/C19H17N3O4/c1-26-19(25)20-10-12-9-15(20)16-17(23)22(18(24)21(12)16)14-8-4-6-11-5-2-3-7-13(11)14/h2-8,12,15,23H,9-10H2,1H3/t12-,15?/m1/s1. The number of hydrogen-bond acceptors (Lipinski definition) is 4. The van der Waals surface area contributed by atoms with Crippen molar-refractivity contribution in [2.24, 2.45) is 0 Å². The molecule has 0 spiro atoms. The zero-order valence-corrected chi connectivity index (χ0v) is 14.1. The van der Waals surface area contributed by atoms with Crippen LogP contribution in [-0.4, -0.2) is 38.9 Å². The third kappa shape index (κ3) is 1.77. The zero-order chi connectivity index (χ0) is 18.0. The number of hydrogen-bond donors (Lipinski definition) is 1. The molecule has 1 unspecified atom stereocenters. The Hall–Kier alpha value is -3.22. The molecule has 3 aromatic rings. The molecule has 0 radical (unpaired) electrons. The van der Waals surface area contributed by atoms with E-state index in [4.69, 9.17) is 4.74 Å². The first-order valence-electron chi connectivity index (χ1n) is 8.50. The Balaban J connectivity index is 1.73. The van der Waals surface area contributed by atoms with Gasteiger partial charge in [0.25, 0.3) is 0 Å². The zero-order valence-electron chi connectivity index (χ0n) is 14.1. The van der Waals surface area contributed by atoms with E-state index < -0.39 is 6.09 Å².